The topological polar surface area (TPSA) is 80.0 Å². The Kier molecular flexibility index (Phi) is 4.34. The number of nitrogens with zero attached hydrogens (tertiary/aromatic N) is 3. The van der Waals surface area contributed by atoms with Gasteiger partial charge in [0.2, 0.25) is 0 Å². The molecule has 0 saturated heterocycles. The van der Waals surface area contributed by atoms with Crippen LogP contribution in [0.2, 0.25) is 0 Å². The summed E-state index contributed by atoms with van der Waals surface area (Å²) in [7, 11) is 0. The minimum absolute atomic E-state index is 0.0358. The van der Waals surface area contributed by atoms with E-state index in [1.165, 1.54) is 16.4 Å². The van der Waals surface area contributed by atoms with Crippen LogP contribution < -0.4 is 5.32 Å². The van der Waals surface area contributed by atoms with Gasteiger partial charge in [-0.25, -0.2) is 9.48 Å². The van der Waals surface area contributed by atoms with E-state index in [9.17, 15) is 4.79 Å². The number of hydrogen-bond donors (Lipinski definition) is 2. The number of benzene rings is 1. The summed E-state index contributed by atoms with van der Waals surface area (Å²) >= 11 is 0. The van der Waals surface area contributed by atoms with E-state index in [1.54, 1.807) is 0 Å². The molecule has 2 rings (SSSR count). The van der Waals surface area contributed by atoms with Gasteiger partial charge in [0.1, 0.15) is 0 Å². The van der Waals surface area contributed by atoms with Crippen molar-refractivity contribution in [2.45, 2.75) is 26.3 Å². The first-order chi connectivity index (χ1) is 9.56. The normalized spacial score (nSPS) is 10.8. The quantitative estimate of drug-likeness (QED) is 0.844. The largest absolute Gasteiger partial charge is 0.476 e. The van der Waals surface area contributed by atoms with Gasteiger partial charge in [-0.15, -0.1) is 5.10 Å². The van der Waals surface area contributed by atoms with Gasteiger partial charge in [-0.05, 0) is 23.6 Å². The molecular weight excluding hydrogens is 256 g/mol. The van der Waals surface area contributed by atoms with Crippen LogP contribution in [0.15, 0.2) is 30.5 Å². The van der Waals surface area contributed by atoms with Crippen molar-refractivity contribution < 1.29 is 9.90 Å². The molecule has 0 aliphatic rings. The van der Waals surface area contributed by atoms with E-state index in [0.29, 0.717) is 19.0 Å². The van der Waals surface area contributed by atoms with Crippen molar-refractivity contribution in [1.82, 2.24) is 15.0 Å². The smallest absolute Gasteiger partial charge is 0.358 e. The molecule has 2 aromatic rings. The van der Waals surface area contributed by atoms with Crippen LogP contribution in [-0.2, 0) is 6.54 Å². The highest BCUT2D eigenvalue weighted by molar-refractivity contribution is 5.84. The summed E-state index contributed by atoms with van der Waals surface area (Å²) in [5.74, 6) is -0.540. The number of aromatic carboxylic acids is 1. The number of hydrogen-bond acceptors (Lipinski definition) is 4. The van der Waals surface area contributed by atoms with Crippen LogP contribution >= 0.6 is 0 Å². The van der Waals surface area contributed by atoms with E-state index in [0.717, 1.165) is 5.69 Å². The summed E-state index contributed by atoms with van der Waals surface area (Å²) in [5, 5.41) is 19.3. The van der Waals surface area contributed by atoms with Gasteiger partial charge in [0.25, 0.3) is 0 Å². The van der Waals surface area contributed by atoms with Crippen LogP contribution in [0.1, 0.15) is 35.8 Å². The Labute approximate surface area is 117 Å². The molecule has 0 aliphatic heterocycles. The highest BCUT2D eigenvalue weighted by Crippen LogP contribution is 2.16. The van der Waals surface area contributed by atoms with E-state index in [-0.39, 0.29) is 5.69 Å². The summed E-state index contributed by atoms with van der Waals surface area (Å²) in [6.07, 6.45) is 1.42. The van der Waals surface area contributed by atoms with Gasteiger partial charge in [0, 0.05) is 12.2 Å². The Morgan fingerprint density at radius 3 is 2.60 bits per heavy atom. The number of carbonyl (C=O) groups is 1. The second-order valence-corrected chi connectivity index (χ2v) is 4.88. The van der Waals surface area contributed by atoms with Crippen LogP contribution in [0, 0.1) is 0 Å². The maximum Gasteiger partial charge on any atom is 0.358 e. The van der Waals surface area contributed by atoms with Gasteiger partial charge >= 0.3 is 5.97 Å². The first-order valence-corrected chi connectivity index (χ1v) is 6.53. The van der Waals surface area contributed by atoms with Gasteiger partial charge in [-0.2, -0.15) is 0 Å². The SMILES string of the molecule is CC(C)c1ccc(NCCn2cc(C(=O)O)nn2)cc1. The van der Waals surface area contributed by atoms with E-state index >= 15 is 0 Å². The zero-order valence-corrected chi connectivity index (χ0v) is 11.6. The monoisotopic (exact) mass is 274 g/mol. The molecule has 6 heteroatoms. The van der Waals surface area contributed by atoms with Gasteiger partial charge in [-0.1, -0.05) is 31.2 Å². The third-order valence-electron chi connectivity index (χ3n) is 3.01. The van der Waals surface area contributed by atoms with Crippen molar-refractivity contribution in [1.29, 1.82) is 0 Å². The molecule has 0 saturated carbocycles. The molecule has 1 heterocycles. The van der Waals surface area contributed by atoms with Crippen molar-refractivity contribution in [3.63, 3.8) is 0 Å². The fourth-order valence-corrected chi connectivity index (χ4v) is 1.81. The Bertz CT molecular complexity index is 575. The van der Waals surface area contributed by atoms with Gasteiger partial charge in [-0.3, -0.25) is 0 Å². The molecule has 2 N–H and O–H groups in total. The molecule has 0 bridgehead atoms. The van der Waals surface area contributed by atoms with E-state index in [4.69, 9.17) is 5.11 Å². The summed E-state index contributed by atoms with van der Waals surface area (Å²) < 4.78 is 1.51. The molecule has 0 radical (unpaired) electrons. The molecule has 0 atom stereocenters. The average molecular weight is 274 g/mol. The maximum atomic E-state index is 10.7. The lowest BCUT2D eigenvalue weighted by Crippen LogP contribution is -2.11. The lowest BCUT2D eigenvalue weighted by Gasteiger charge is -2.09. The fraction of sp³-hybridized carbons (Fsp3) is 0.357. The highest BCUT2D eigenvalue weighted by Gasteiger charge is 2.07. The molecule has 0 unspecified atom stereocenters. The summed E-state index contributed by atoms with van der Waals surface area (Å²) in [6.45, 7) is 5.54. The number of rotatable bonds is 6. The van der Waals surface area contributed by atoms with Crippen molar-refractivity contribution in [2.75, 3.05) is 11.9 Å². The Hall–Kier alpha value is -2.37. The Morgan fingerprint density at radius 1 is 1.35 bits per heavy atom. The number of anilines is 1. The molecule has 0 aliphatic carbocycles. The molecule has 0 amide bonds. The lowest BCUT2D eigenvalue weighted by molar-refractivity contribution is 0.0690. The molecule has 6 nitrogen and oxygen atoms in total. The van der Waals surface area contributed by atoms with E-state index in [1.807, 2.05) is 12.1 Å². The number of carboxylic acids is 1. The predicted molar refractivity (Wildman–Crippen MR) is 76.0 cm³/mol. The van der Waals surface area contributed by atoms with Gasteiger partial charge in [0.15, 0.2) is 5.69 Å². The minimum Gasteiger partial charge on any atom is -0.476 e. The first kappa shape index (κ1) is 14.0. The van der Waals surface area contributed by atoms with Gasteiger partial charge < -0.3 is 10.4 Å². The third-order valence-corrected chi connectivity index (χ3v) is 3.01. The summed E-state index contributed by atoms with van der Waals surface area (Å²) in [4.78, 5) is 10.7. The number of aromatic nitrogens is 3. The maximum absolute atomic E-state index is 10.7. The standard InChI is InChI=1S/C14H18N4O2/c1-10(2)11-3-5-12(6-4-11)15-7-8-18-9-13(14(19)20)16-17-18/h3-6,9-10,15H,7-8H2,1-2H3,(H,19,20). The molecule has 1 aromatic heterocycles. The van der Waals surface area contributed by atoms with E-state index in [2.05, 4.69) is 41.6 Å². The summed E-state index contributed by atoms with van der Waals surface area (Å²) in [5.41, 5.74) is 2.30. The second kappa shape index (κ2) is 6.18. The van der Waals surface area contributed by atoms with Crippen LogP contribution in [0.5, 0.6) is 0 Å². The lowest BCUT2D eigenvalue weighted by atomic mass is 10.0. The molecular formula is C14H18N4O2. The Balaban J connectivity index is 1.84. The van der Waals surface area contributed by atoms with Gasteiger partial charge in [0.05, 0.1) is 12.7 Å². The molecule has 0 fully saturated rings. The first-order valence-electron chi connectivity index (χ1n) is 6.53. The molecule has 20 heavy (non-hydrogen) atoms. The molecule has 106 valence electrons. The number of carboxylic acid groups (broad SMARTS) is 1. The van der Waals surface area contributed by atoms with Crippen LogP contribution in [-0.4, -0.2) is 32.6 Å². The fourth-order valence-electron chi connectivity index (χ4n) is 1.81. The van der Waals surface area contributed by atoms with Crippen molar-refractivity contribution in [2.24, 2.45) is 0 Å². The van der Waals surface area contributed by atoms with Crippen LogP contribution in [0.4, 0.5) is 5.69 Å². The molecule has 0 spiro atoms. The molecule has 1 aromatic carbocycles. The van der Waals surface area contributed by atoms with Crippen molar-refractivity contribution in [3.05, 3.63) is 41.7 Å². The van der Waals surface area contributed by atoms with Crippen molar-refractivity contribution in [3.8, 4) is 0 Å². The zero-order chi connectivity index (χ0) is 14.5. The number of nitrogens with one attached hydrogen (secondary N) is 1. The van der Waals surface area contributed by atoms with Crippen LogP contribution in [0.25, 0.3) is 0 Å². The summed E-state index contributed by atoms with van der Waals surface area (Å²) in [6, 6.07) is 8.29. The van der Waals surface area contributed by atoms with E-state index < -0.39 is 5.97 Å². The van der Waals surface area contributed by atoms with Crippen molar-refractivity contribution >= 4 is 11.7 Å². The van der Waals surface area contributed by atoms with Crippen LogP contribution in [0.3, 0.4) is 0 Å². The third kappa shape index (κ3) is 3.57. The second-order valence-electron chi connectivity index (χ2n) is 4.88. The Morgan fingerprint density at radius 2 is 2.05 bits per heavy atom. The predicted octanol–water partition coefficient (Wildman–Crippen LogP) is 2.21. The average Bonchev–Trinajstić information content (AvgIpc) is 2.88. The highest BCUT2D eigenvalue weighted by atomic mass is 16.4. The zero-order valence-electron chi connectivity index (χ0n) is 11.6. The minimum atomic E-state index is -1.06.